The molecule has 0 saturated heterocycles. The molecule has 0 radical (unpaired) electrons. The fourth-order valence-electron chi connectivity index (χ4n) is 1.94. The second kappa shape index (κ2) is 7.77. The average Bonchev–Trinajstić information content (AvgIpc) is 2.37. The van der Waals surface area contributed by atoms with Gasteiger partial charge in [-0.3, -0.25) is 0 Å². The predicted molar refractivity (Wildman–Crippen MR) is 87.8 cm³/mol. The molecule has 1 rings (SSSR count). The van der Waals surface area contributed by atoms with Gasteiger partial charge in [-0.1, -0.05) is 6.07 Å². The van der Waals surface area contributed by atoms with E-state index in [1.165, 1.54) is 0 Å². The van der Waals surface area contributed by atoms with E-state index >= 15 is 0 Å². The van der Waals surface area contributed by atoms with E-state index in [9.17, 15) is 8.42 Å². The molecule has 0 aromatic heterocycles. The van der Waals surface area contributed by atoms with Gasteiger partial charge in [0.15, 0.2) is 0 Å². The summed E-state index contributed by atoms with van der Waals surface area (Å²) in [5.74, 6) is 0. The number of rotatable bonds is 8. The molecule has 120 valence electrons. The lowest BCUT2D eigenvalue weighted by molar-refractivity contribution is 0.268. The standard InChI is InChI=1S/C15H27N3O2S/c1-12(2)18(4)10-6-5-9-17-21(19,20)15-8-7-13(3)11-14(15)16/h7-8,11-12,17H,5-6,9-10,16H2,1-4H3. The Balaban J connectivity index is 2.47. The summed E-state index contributed by atoms with van der Waals surface area (Å²) in [5.41, 5.74) is 7.03. The van der Waals surface area contributed by atoms with Gasteiger partial charge in [0.2, 0.25) is 10.0 Å². The van der Waals surface area contributed by atoms with Crippen LogP contribution in [0.3, 0.4) is 0 Å². The highest BCUT2D eigenvalue weighted by molar-refractivity contribution is 7.89. The van der Waals surface area contributed by atoms with E-state index < -0.39 is 10.0 Å². The maximum atomic E-state index is 12.2. The number of anilines is 1. The van der Waals surface area contributed by atoms with Gasteiger partial charge in [0.1, 0.15) is 4.90 Å². The van der Waals surface area contributed by atoms with Crippen molar-refractivity contribution < 1.29 is 8.42 Å². The lowest BCUT2D eigenvalue weighted by Gasteiger charge is -2.20. The summed E-state index contributed by atoms with van der Waals surface area (Å²) in [7, 11) is -1.44. The van der Waals surface area contributed by atoms with Crippen molar-refractivity contribution in [1.29, 1.82) is 0 Å². The minimum atomic E-state index is -3.51. The molecule has 5 nitrogen and oxygen atoms in total. The van der Waals surface area contributed by atoms with Crippen LogP contribution >= 0.6 is 0 Å². The van der Waals surface area contributed by atoms with Crippen molar-refractivity contribution >= 4 is 15.7 Å². The van der Waals surface area contributed by atoms with Crippen LogP contribution in [-0.2, 0) is 10.0 Å². The molecular weight excluding hydrogens is 286 g/mol. The van der Waals surface area contributed by atoms with Gasteiger partial charge in [-0.15, -0.1) is 0 Å². The zero-order valence-corrected chi connectivity index (χ0v) is 14.2. The second-order valence-electron chi connectivity index (χ2n) is 5.72. The van der Waals surface area contributed by atoms with E-state index in [1.807, 2.05) is 6.92 Å². The number of nitrogens with two attached hydrogens (primary N) is 1. The van der Waals surface area contributed by atoms with Crippen LogP contribution in [0.25, 0.3) is 0 Å². The Bertz CT molecular complexity index is 556. The molecule has 3 N–H and O–H groups in total. The van der Waals surface area contributed by atoms with Crippen LogP contribution in [0.5, 0.6) is 0 Å². The summed E-state index contributed by atoms with van der Waals surface area (Å²) >= 11 is 0. The summed E-state index contributed by atoms with van der Waals surface area (Å²) in [6.45, 7) is 7.56. The minimum absolute atomic E-state index is 0.160. The fraction of sp³-hybridized carbons (Fsp3) is 0.600. The summed E-state index contributed by atoms with van der Waals surface area (Å²) in [5, 5.41) is 0. The minimum Gasteiger partial charge on any atom is -0.398 e. The monoisotopic (exact) mass is 313 g/mol. The molecule has 0 spiro atoms. The number of unbranched alkanes of at least 4 members (excludes halogenated alkanes) is 1. The molecule has 0 heterocycles. The van der Waals surface area contributed by atoms with Crippen molar-refractivity contribution in [2.75, 3.05) is 25.9 Å². The number of aryl methyl sites for hydroxylation is 1. The van der Waals surface area contributed by atoms with Gasteiger partial charge < -0.3 is 10.6 Å². The quantitative estimate of drug-likeness (QED) is 0.568. The number of nitrogen functional groups attached to an aromatic ring is 1. The average molecular weight is 313 g/mol. The molecule has 6 heteroatoms. The van der Waals surface area contributed by atoms with E-state index in [2.05, 4.69) is 30.5 Å². The Morgan fingerprint density at radius 1 is 1.29 bits per heavy atom. The molecule has 1 aromatic rings. The van der Waals surface area contributed by atoms with Gasteiger partial charge >= 0.3 is 0 Å². The van der Waals surface area contributed by atoms with Crippen molar-refractivity contribution in [3.8, 4) is 0 Å². The number of sulfonamides is 1. The number of hydrogen-bond acceptors (Lipinski definition) is 4. The van der Waals surface area contributed by atoms with Crippen LogP contribution < -0.4 is 10.5 Å². The van der Waals surface area contributed by atoms with Gasteiger partial charge in [-0.2, -0.15) is 0 Å². The van der Waals surface area contributed by atoms with Crippen LogP contribution in [0.2, 0.25) is 0 Å². The van der Waals surface area contributed by atoms with E-state index in [0.29, 0.717) is 18.3 Å². The van der Waals surface area contributed by atoms with Crippen LogP contribution in [0, 0.1) is 6.92 Å². The number of nitrogens with one attached hydrogen (secondary N) is 1. The SMILES string of the molecule is Cc1ccc(S(=O)(=O)NCCCCN(C)C(C)C)c(N)c1. The van der Waals surface area contributed by atoms with E-state index in [1.54, 1.807) is 18.2 Å². The Kier molecular flexibility index (Phi) is 6.64. The predicted octanol–water partition coefficient (Wildman–Crippen LogP) is 1.98. The molecule has 0 saturated carbocycles. The lowest BCUT2D eigenvalue weighted by atomic mass is 10.2. The molecule has 0 fully saturated rings. The van der Waals surface area contributed by atoms with Crippen molar-refractivity contribution in [1.82, 2.24) is 9.62 Å². The maximum absolute atomic E-state index is 12.2. The van der Waals surface area contributed by atoms with Crippen LogP contribution in [0.4, 0.5) is 5.69 Å². The first kappa shape index (κ1) is 17.9. The first-order valence-electron chi connectivity index (χ1n) is 7.30. The van der Waals surface area contributed by atoms with E-state index in [4.69, 9.17) is 5.73 Å². The third-order valence-electron chi connectivity index (χ3n) is 3.57. The molecule has 21 heavy (non-hydrogen) atoms. The highest BCUT2D eigenvalue weighted by Gasteiger charge is 2.16. The molecule has 0 atom stereocenters. The zero-order chi connectivity index (χ0) is 16.0. The number of nitrogens with zero attached hydrogens (tertiary/aromatic N) is 1. The summed E-state index contributed by atoms with van der Waals surface area (Å²) in [6.07, 6.45) is 1.77. The third kappa shape index (κ3) is 5.65. The largest absolute Gasteiger partial charge is 0.398 e. The third-order valence-corrected chi connectivity index (χ3v) is 5.10. The zero-order valence-electron chi connectivity index (χ0n) is 13.4. The Hall–Kier alpha value is -1.11. The van der Waals surface area contributed by atoms with Crippen LogP contribution in [0.1, 0.15) is 32.3 Å². The maximum Gasteiger partial charge on any atom is 0.242 e. The van der Waals surface area contributed by atoms with Crippen molar-refractivity contribution in [2.24, 2.45) is 0 Å². The summed E-state index contributed by atoms with van der Waals surface area (Å²) in [4.78, 5) is 2.40. The first-order valence-corrected chi connectivity index (χ1v) is 8.78. The van der Waals surface area contributed by atoms with Crippen LogP contribution in [0.15, 0.2) is 23.1 Å². The molecule has 0 unspecified atom stereocenters. The fourth-order valence-corrected chi connectivity index (χ4v) is 3.13. The van der Waals surface area contributed by atoms with Crippen molar-refractivity contribution in [2.45, 2.75) is 44.6 Å². The molecule has 0 amide bonds. The lowest BCUT2D eigenvalue weighted by Crippen LogP contribution is -2.29. The summed E-state index contributed by atoms with van der Waals surface area (Å²) in [6, 6.07) is 5.49. The van der Waals surface area contributed by atoms with Crippen molar-refractivity contribution in [3.05, 3.63) is 23.8 Å². The second-order valence-corrected chi connectivity index (χ2v) is 7.46. The van der Waals surface area contributed by atoms with Crippen LogP contribution in [-0.4, -0.2) is 39.5 Å². The topological polar surface area (TPSA) is 75.4 Å². The van der Waals surface area contributed by atoms with Crippen molar-refractivity contribution in [3.63, 3.8) is 0 Å². The van der Waals surface area contributed by atoms with Gasteiger partial charge in [0.05, 0.1) is 5.69 Å². The Labute approximate surface area is 128 Å². The highest BCUT2D eigenvalue weighted by atomic mass is 32.2. The van der Waals surface area contributed by atoms with Gasteiger partial charge in [-0.25, -0.2) is 13.1 Å². The number of benzene rings is 1. The smallest absolute Gasteiger partial charge is 0.242 e. The molecular formula is C15H27N3O2S. The molecule has 0 aliphatic carbocycles. The molecule has 0 bridgehead atoms. The molecule has 1 aromatic carbocycles. The molecule has 0 aliphatic heterocycles. The van der Waals surface area contributed by atoms with E-state index in [-0.39, 0.29) is 4.90 Å². The summed E-state index contributed by atoms with van der Waals surface area (Å²) < 4.78 is 26.9. The molecule has 0 aliphatic rings. The Morgan fingerprint density at radius 3 is 2.52 bits per heavy atom. The van der Waals surface area contributed by atoms with Gasteiger partial charge in [0.25, 0.3) is 0 Å². The highest BCUT2D eigenvalue weighted by Crippen LogP contribution is 2.19. The Morgan fingerprint density at radius 2 is 1.95 bits per heavy atom. The normalized spacial score (nSPS) is 12.3. The first-order chi connectivity index (χ1) is 9.74. The number of hydrogen-bond donors (Lipinski definition) is 2. The van der Waals surface area contributed by atoms with E-state index in [0.717, 1.165) is 24.9 Å². The van der Waals surface area contributed by atoms with Gasteiger partial charge in [0, 0.05) is 12.6 Å². The van der Waals surface area contributed by atoms with Gasteiger partial charge in [-0.05, 0) is 64.9 Å².